The highest BCUT2D eigenvalue weighted by Crippen LogP contribution is 2.29. The second kappa shape index (κ2) is 9.11. The van der Waals surface area contributed by atoms with Gasteiger partial charge in [0, 0.05) is 42.7 Å². The molecule has 2 aliphatic rings. The zero-order chi connectivity index (χ0) is 17.9. The number of halogens is 1. The maximum Gasteiger partial charge on any atom is 0.222 e. The summed E-state index contributed by atoms with van der Waals surface area (Å²) >= 11 is 0. The molecule has 4 rings (SSSR count). The number of hydrogen-bond donors (Lipinski definition) is 1. The van der Waals surface area contributed by atoms with E-state index in [1.54, 1.807) is 0 Å². The van der Waals surface area contributed by atoms with Gasteiger partial charge in [-0.25, -0.2) is 0 Å². The zero-order valence-corrected chi connectivity index (χ0v) is 17.1. The molecule has 4 nitrogen and oxygen atoms in total. The van der Waals surface area contributed by atoms with E-state index in [9.17, 15) is 4.79 Å². The van der Waals surface area contributed by atoms with Gasteiger partial charge in [0.25, 0.3) is 0 Å². The van der Waals surface area contributed by atoms with Crippen LogP contribution in [0.2, 0.25) is 0 Å². The van der Waals surface area contributed by atoms with Crippen molar-refractivity contribution < 1.29 is 4.79 Å². The summed E-state index contributed by atoms with van der Waals surface area (Å²) in [5.41, 5.74) is 2.41. The van der Waals surface area contributed by atoms with E-state index in [1.807, 2.05) is 13.1 Å². The molecule has 5 heteroatoms. The van der Waals surface area contributed by atoms with Crippen LogP contribution in [0.3, 0.4) is 0 Å². The number of aromatic amines is 1. The molecule has 1 saturated heterocycles. The normalized spacial score (nSPS) is 23.3. The van der Waals surface area contributed by atoms with Crippen molar-refractivity contribution in [1.29, 1.82) is 0 Å². The first kappa shape index (κ1) is 20.2. The standard InChI is InChI=1S/C22H31N3O.ClH/c1-24(20-10-4-5-11-21(20)25-14-6-7-15-25)22(26)13-12-17-16-23-19-9-3-2-8-18(17)19;/h2-3,8-9,16,20-21,23H,4-7,10-15H2,1H3;1H. The number of aryl methyl sites for hydroxylation is 1. The summed E-state index contributed by atoms with van der Waals surface area (Å²) in [4.78, 5) is 21.0. The number of carbonyl (C=O) groups is 1. The molecular weight excluding hydrogens is 358 g/mol. The number of hydrogen-bond acceptors (Lipinski definition) is 2. The Kier molecular flexibility index (Phi) is 6.83. The van der Waals surface area contributed by atoms with Gasteiger partial charge in [-0.1, -0.05) is 31.0 Å². The third-order valence-corrected chi connectivity index (χ3v) is 6.48. The van der Waals surface area contributed by atoms with Crippen LogP contribution < -0.4 is 0 Å². The average molecular weight is 390 g/mol. The summed E-state index contributed by atoms with van der Waals surface area (Å²) in [5, 5.41) is 1.25. The van der Waals surface area contributed by atoms with Crippen molar-refractivity contribution in [1.82, 2.24) is 14.8 Å². The Labute approximate surface area is 168 Å². The molecule has 1 saturated carbocycles. The highest BCUT2D eigenvalue weighted by molar-refractivity contribution is 5.85. The van der Waals surface area contributed by atoms with E-state index < -0.39 is 0 Å². The molecule has 1 aromatic carbocycles. The van der Waals surface area contributed by atoms with Gasteiger partial charge in [0.2, 0.25) is 5.91 Å². The van der Waals surface area contributed by atoms with Crippen LogP contribution in [0.4, 0.5) is 0 Å². The van der Waals surface area contributed by atoms with Gasteiger partial charge in [-0.2, -0.15) is 0 Å². The topological polar surface area (TPSA) is 39.3 Å². The molecule has 1 amide bonds. The quantitative estimate of drug-likeness (QED) is 0.823. The lowest BCUT2D eigenvalue weighted by molar-refractivity contribution is -0.134. The van der Waals surface area contributed by atoms with Gasteiger partial charge in [-0.05, 0) is 56.8 Å². The SMILES string of the molecule is CN(C(=O)CCc1c[nH]c2ccccc12)C1CCCCC1N1CCCC1.Cl. The number of rotatable bonds is 5. The fourth-order valence-electron chi connectivity index (χ4n) is 4.98. The van der Waals surface area contributed by atoms with Crippen molar-refractivity contribution in [2.24, 2.45) is 0 Å². The molecule has 148 valence electrons. The lowest BCUT2D eigenvalue weighted by Gasteiger charge is -2.42. The fraction of sp³-hybridized carbons (Fsp3) is 0.591. The smallest absolute Gasteiger partial charge is 0.222 e. The summed E-state index contributed by atoms with van der Waals surface area (Å²) in [6.45, 7) is 2.44. The lowest BCUT2D eigenvalue weighted by Crippen LogP contribution is -2.53. The van der Waals surface area contributed by atoms with Crippen LogP contribution in [0.1, 0.15) is 50.5 Å². The van der Waals surface area contributed by atoms with Crippen LogP contribution >= 0.6 is 12.4 Å². The first-order valence-corrected chi connectivity index (χ1v) is 10.3. The molecule has 2 fully saturated rings. The summed E-state index contributed by atoms with van der Waals surface area (Å²) in [6, 6.07) is 9.32. The van der Waals surface area contributed by atoms with Crippen molar-refractivity contribution in [2.75, 3.05) is 20.1 Å². The number of carbonyl (C=O) groups excluding carboxylic acids is 1. The van der Waals surface area contributed by atoms with Gasteiger partial charge >= 0.3 is 0 Å². The van der Waals surface area contributed by atoms with Crippen LogP contribution in [0, 0.1) is 0 Å². The van der Waals surface area contributed by atoms with Gasteiger partial charge in [0.1, 0.15) is 0 Å². The minimum atomic E-state index is 0. The minimum absolute atomic E-state index is 0. The monoisotopic (exact) mass is 389 g/mol. The number of fused-ring (bicyclic) bond motifs is 1. The van der Waals surface area contributed by atoms with E-state index in [0.29, 0.717) is 24.4 Å². The number of H-pyrrole nitrogens is 1. The number of likely N-dealkylation sites (N-methyl/N-ethyl adjacent to an activating group) is 1. The lowest BCUT2D eigenvalue weighted by atomic mass is 9.88. The number of aromatic nitrogens is 1. The molecule has 2 aromatic rings. The maximum atomic E-state index is 12.9. The van der Waals surface area contributed by atoms with Crippen molar-refractivity contribution in [2.45, 2.75) is 63.5 Å². The van der Waals surface area contributed by atoms with E-state index in [4.69, 9.17) is 0 Å². The molecule has 0 bridgehead atoms. The van der Waals surface area contributed by atoms with Crippen LogP contribution in [0.15, 0.2) is 30.5 Å². The van der Waals surface area contributed by atoms with Crippen LogP contribution in [0.5, 0.6) is 0 Å². The zero-order valence-electron chi connectivity index (χ0n) is 16.3. The van der Waals surface area contributed by atoms with Crippen LogP contribution in [-0.2, 0) is 11.2 Å². The fourth-order valence-corrected chi connectivity index (χ4v) is 4.98. The predicted molar refractivity (Wildman–Crippen MR) is 113 cm³/mol. The maximum absolute atomic E-state index is 12.9. The largest absolute Gasteiger partial charge is 0.361 e. The Morgan fingerprint density at radius 1 is 1.15 bits per heavy atom. The van der Waals surface area contributed by atoms with Crippen molar-refractivity contribution >= 4 is 29.2 Å². The molecule has 1 aliphatic heterocycles. The number of nitrogens with one attached hydrogen (secondary N) is 1. The van der Waals surface area contributed by atoms with Crippen molar-refractivity contribution in [3.8, 4) is 0 Å². The number of benzene rings is 1. The van der Waals surface area contributed by atoms with Crippen LogP contribution in [-0.4, -0.2) is 52.9 Å². The molecule has 1 aliphatic carbocycles. The molecule has 0 spiro atoms. The Hall–Kier alpha value is -1.52. The summed E-state index contributed by atoms with van der Waals surface area (Å²) < 4.78 is 0. The first-order valence-electron chi connectivity index (χ1n) is 10.3. The molecule has 1 aromatic heterocycles. The van der Waals surface area contributed by atoms with Gasteiger partial charge < -0.3 is 9.88 Å². The second-order valence-corrected chi connectivity index (χ2v) is 8.03. The third kappa shape index (κ3) is 4.33. The Balaban J connectivity index is 0.00000210. The minimum Gasteiger partial charge on any atom is -0.361 e. The molecule has 0 radical (unpaired) electrons. The average Bonchev–Trinajstić information content (AvgIpc) is 3.35. The van der Waals surface area contributed by atoms with Crippen molar-refractivity contribution in [3.05, 3.63) is 36.0 Å². The molecular formula is C22H32ClN3O. The summed E-state index contributed by atoms with van der Waals surface area (Å²) in [7, 11) is 2.04. The van der Waals surface area contributed by atoms with Crippen molar-refractivity contribution in [3.63, 3.8) is 0 Å². The summed E-state index contributed by atoms with van der Waals surface area (Å²) in [6.07, 6.45) is 11.1. The van der Waals surface area contributed by atoms with E-state index in [0.717, 1.165) is 18.4 Å². The van der Waals surface area contributed by atoms with E-state index in [2.05, 4.69) is 39.2 Å². The third-order valence-electron chi connectivity index (χ3n) is 6.48. The van der Waals surface area contributed by atoms with E-state index in [-0.39, 0.29) is 12.4 Å². The molecule has 2 unspecified atom stereocenters. The molecule has 2 atom stereocenters. The number of para-hydroxylation sites is 1. The van der Waals surface area contributed by atoms with Gasteiger partial charge in [-0.15, -0.1) is 12.4 Å². The van der Waals surface area contributed by atoms with Gasteiger partial charge in [0.05, 0.1) is 0 Å². The predicted octanol–water partition coefficient (Wildman–Crippen LogP) is 4.39. The first-order chi connectivity index (χ1) is 12.7. The highest BCUT2D eigenvalue weighted by atomic mass is 35.5. The number of likely N-dealkylation sites (tertiary alicyclic amines) is 1. The number of nitrogens with zero attached hydrogens (tertiary/aromatic N) is 2. The highest BCUT2D eigenvalue weighted by Gasteiger charge is 2.35. The molecule has 2 heterocycles. The Bertz CT molecular complexity index is 753. The second-order valence-electron chi connectivity index (χ2n) is 8.03. The molecule has 27 heavy (non-hydrogen) atoms. The Morgan fingerprint density at radius 2 is 1.89 bits per heavy atom. The molecule has 1 N–H and O–H groups in total. The van der Waals surface area contributed by atoms with Gasteiger partial charge in [0.15, 0.2) is 0 Å². The summed E-state index contributed by atoms with van der Waals surface area (Å²) in [5.74, 6) is 0.298. The van der Waals surface area contributed by atoms with E-state index in [1.165, 1.54) is 56.1 Å². The van der Waals surface area contributed by atoms with Crippen LogP contribution in [0.25, 0.3) is 10.9 Å². The Morgan fingerprint density at radius 3 is 2.70 bits per heavy atom. The van der Waals surface area contributed by atoms with Gasteiger partial charge in [-0.3, -0.25) is 9.69 Å². The van der Waals surface area contributed by atoms with E-state index >= 15 is 0 Å². The number of amides is 1.